The first kappa shape index (κ1) is 14.3. The summed E-state index contributed by atoms with van der Waals surface area (Å²) in [6.45, 7) is 4.80. The predicted molar refractivity (Wildman–Crippen MR) is 71.8 cm³/mol. The second-order valence-corrected chi connectivity index (χ2v) is 6.39. The monoisotopic (exact) mass is 285 g/mol. The fraction of sp³-hybridized carbons (Fsp3) is 0.538. The van der Waals surface area contributed by atoms with Gasteiger partial charge in [0.05, 0.1) is 11.5 Å². The van der Waals surface area contributed by atoms with Gasteiger partial charge < -0.3 is 9.47 Å². The summed E-state index contributed by atoms with van der Waals surface area (Å²) in [5.74, 6) is 0.665. The van der Waals surface area contributed by atoms with Gasteiger partial charge in [-0.25, -0.2) is 13.6 Å². The largest absolute Gasteiger partial charge is 0.488 e. The van der Waals surface area contributed by atoms with Gasteiger partial charge in [0.1, 0.15) is 11.9 Å². The molecule has 2 N–H and O–H groups in total. The van der Waals surface area contributed by atoms with Crippen molar-refractivity contribution < 1.29 is 17.9 Å². The van der Waals surface area contributed by atoms with Gasteiger partial charge in [0.15, 0.2) is 0 Å². The summed E-state index contributed by atoms with van der Waals surface area (Å²) in [5.41, 5.74) is 1.21. The van der Waals surface area contributed by atoms with E-state index in [0.29, 0.717) is 23.5 Å². The molecule has 0 radical (unpaired) electrons. The fourth-order valence-corrected chi connectivity index (χ4v) is 3.44. The smallest absolute Gasteiger partial charge is 0.238 e. The molecule has 1 saturated heterocycles. The lowest BCUT2D eigenvalue weighted by molar-refractivity contribution is 0.00736. The lowest BCUT2D eigenvalue weighted by atomic mass is 10.1. The van der Waals surface area contributed by atoms with Crippen LogP contribution in [0.25, 0.3) is 0 Å². The minimum absolute atomic E-state index is 0.0351. The topological polar surface area (TPSA) is 78.6 Å². The van der Waals surface area contributed by atoms with Gasteiger partial charge in [-0.3, -0.25) is 0 Å². The van der Waals surface area contributed by atoms with Crippen LogP contribution in [0.4, 0.5) is 0 Å². The van der Waals surface area contributed by atoms with Crippen LogP contribution in [0.15, 0.2) is 17.0 Å². The summed E-state index contributed by atoms with van der Waals surface area (Å²) in [5, 5.41) is 5.20. The molecule has 1 aromatic rings. The lowest BCUT2D eigenvalue weighted by Crippen LogP contribution is -2.28. The van der Waals surface area contributed by atoms with E-state index in [0.717, 1.165) is 19.4 Å². The molecule has 5 nitrogen and oxygen atoms in total. The summed E-state index contributed by atoms with van der Waals surface area (Å²) in [6.07, 6.45) is 1.97. The Kier molecular flexibility index (Phi) is 4.13. The van der Waals surface area contributed by atoms with Crippen LogP contribution in [0.3, 0.4) is 0 Å². The van der Waals surface area contributed by atoms with Gasteiger partial charge in [-0.15, -0.1) is 0 Å². The highest BCUT2D eigenvalue weighted by Crippen LogP contribution is 2.26. The Hall–Kier alpha value is -1.11. The van der Waals surface area contributed by atoms with Gasteiger partial charge in [0.2, 0.25) is 10.0 Å². The average molecular weight is 285 g/mol. The summed E-state index contributed by atoms with van der Waals surface area (Å²) < 4.78 is 34.2. The number of sulfonamides is 1. The first-order valence-electron chi connectivity index (χ1n) is 6.26. The molecule has 6 heteroatoms. The number of ether oxygens (including phenoxy) is 2. The maximum absolute atomic E-state index is 11.5. The van der Waals surface area contributed by atoms with E-state index < -0.39 is 10.0 Å². The number of hydrogen-bond acceptors (Lipinski definition) is 4. The van der Waals surface area contributed by atoms with Crippen LogP contribution in [0.5, 0.6) is 5.75 Å². The van der Waals surface area contributed by atoms with Crippen LogP contribution < -0.4 is 9.88 Å². The molecule has 1 fully saturated rings. The van der Waals surface area contributed by atoms with Crippen molar-refractivity contribution in [2.24, 2.45) is 5.14 Å². The maximum Gasteiger partial charge on any atom is 0.238 e. The minimum Gasteiger partial charge on any atom is -0.488 e. The lowest BCUT2D eigenvalue weighted by Gasteiger charge is -2.24. The zero-order valence-electron chi connectivity index (χ0n) is 11.2. The number of rotatable bonds is 3. The second-order valence-electron chi connectivity index (χ2n) is 4.89. The molecule has 1 heterocycles. The van der Waals surface area contributed by atoms with E-state index in [9.17, 15) is 8.42 Å². The normalized spacial score (nSPS) is 20.3. The number of aryl methyl sites for hydroxylation is 2. The molecule has 1 aliphatic rings. The van der Waals surface area contributed by atoms with Crippen LogP contribution in [0, 0.1) is 13.8 Å². The van der Waals surface area contributed by atoms with Crippen molar-refractivity contribution >= 4 is 10.0 Å². The van der Waals surface area contributed by atoms with Gasteiger partial charge in [0, 0.05) is 6.61 Å². The molecule has 0 saturated carbocycles. The first-order chi connectivity index (χ1) is 8.88. The molecule has 1 aromatic carbocycles. The van der Waals surface area contributed by atoms with Crippen molar-refractivity contribution in [3.63, 3.8) is 0 Å². The Labute approximate surface area is 113 Å². The first-order valence-corrected chi connectivity index (χ1v) is 7.81. The third-order valence-electron chi connectivity index (χ3n) is 3.14. The Bertz CT molecular complexity index is 539. The van der Waals surface area contributed by atoms with E-state index in [1.165, 1.54) is 0 Å². The Morgan fingerprint density at radius 3 is 2.42 bits per heavy atom. The van der Waals surface area contributed by atoms with Crippen molar-refractivity contribution in [1.82, 2.24) is 0 Å². The minimum atomic E-state index is -3.69. The van der Waals surface area contributed by atoms with Crippen molar-refractivity contribution in [1.29, 1.82) is 0 Å². The van der Waals surface area contributed by atoms with Crippen molar-refractivity contribution in [3.05, 3.63) is 23.3 Å². The molecule has 1 unspecified atom stereocenters. The van der Waals surface area contributed by atoms with E-state index in [1.54, 1.807) is 26.0 Å². The van der Waals surface area contributed by atoms with E-state index in [1.807, 2.05) is 0 Å². The maximum atomic E-state index is 11.5. The van der Waals surface area contributed by atoms with Crippen LogP contribution in [0.2, 0.25) is 0 Å². The Balaban J connectivity index is 2.24. The summed E-state index contributed by atoms with van der Waals surface area (Å²) in [4.78, 5) is 0.180. The fourth-order valence-electron chi connectivity index (χ4n) is 2.42. The molecule has 0 spiro atoms. The molecule has 19 heavy (non-hydrogen) atoms. The van der Waals surface area contributed by atoms with Gasteiger partial charge in [0.25, 0.3) is 0 Å². The summed E-state index contributed by atoms with van der Waals surface area (Å²) in [7, 11) is -3.69. The number of benzene rings is 1. The van der Waals surface area contributed by atoms with Crippen molar-refractivity contribution in [3.8, 4) is 5.75 Å². The Morgan fingerprint density at radius 2 is 1.95 bits per heavy atom. The zero-order chi connectivity index (χ0) is 14.0. The molecular weight excluding hydrogens is 266 g/mol. The van der Waals surface area contributed by atoms with E-state index in [2.05, 4.69) is 0 Å². The predicted octanol–water partition coefficient (Wildman–Crippen LogP) is 1.51. The third kappa shape index (κ3) is 3.46. The highest BCUT2D eigenvalue weighted by Gasteiger charge is 2.19. The molecule has 106 valence electrons. The molecule has 0 aliphatic carbocycles. The van der Waals surface area contributed by atoms with Crippen molar-refractivity contribution in [2.45, 2.75) is 37.7 Å². The SMILES string of the molecule is Cc1cc(OC2CCCOC2)cc(C)c1S(N)(=O)=O. The molecule has 2 rings (SSSR count). The van der Waals surface area contributed by atoms with E-state index in [4.69, 9.17) is 14.6 Å². The van der Waals surface area contributed by atoms with Crippen LogP contribution in [0.1, 0.15) is 24.0 Å². The molecule has 1 atom stereocenters. The number of nitrogens with two attached hydrogens (primary N) is 1. The van der Waals surface area contributed by atoms with E-state index >= 15 is 0 Å². The molecule has 1 aliphatic heterocycles. The third-order valence-corrected chi connectivity index (χ3v) is 4.35. The van der Waals surface area contributed by atoms with Gasteiger partial charge >= 0.3 is 0 Å². The van der Waals surface area contributed by atoms with E-state index in [-0.39, 0.29) is 11.0 Å². The van der Waals surface area contributed by atoms with Gasteiger partial charge in [-0.2, -0.15) is 0 Å². The Morgan fingerprint density at radius 1 is 1.32 bits per heavy atom. The quantitative estimate of drug-likeness (QED) is 0.913. The van der Waals surface area contributed by atoms with Gasteiger partial charge in [-0.05, 0) is 49.9 Å². The molecule has 0 bridgehead atoms. The highest BCUT2D eigenvalue weighted by molar-refractivity contribution is 7.89. The van der Waals surface area contributed by atoms with Crippen molar-refractivity contribution in [2.75, 3.05) is 13.2 Å². The second kappa shape index (κ2) is 5.48. The number of primary sulfonamides is 1. The average Bonchev–Trinajstić information content (AvgIpc) is 2.27. The van der Waals surface area contributed by atoms with Gasteiger partial charge in [-0.1, -0.05) is 0 Å². The highest BCUT2D eigenvalue weighted by atomic mass is 32.2. The zero-order valence-corrected chi connectivity index (χ0v) is 12.0. The van der Waals surface area contributed by atoms with Crippen LogP contribution in [-0.4, -0.2) is 27.7 Å². The molecule has 0 amide bonds. The number of hydrogen-bond donors (Lipinski definition) is 1. The summed E-state index contributed by atoms with van der Waals surface area (Å²) in [6, 6.07) is 3.42. The molecular formula is C13H19NO4S. The van der Waals surface area contributed by atoms with Crippen LogP contribution >= 0.6 is 0 Å². The standard InChI is InChI=1S/C13H19NO4S/c1-9-6-12(18-11-4-3-5-17-8-11)7-10(2)13(9)19(14,15)16/h6-7,11H,3-5,8H2,1-2H3,(H2,14,15,16). The summed E-state index contributed by atoms with van der Waals surface area (Å²) >= 11 is 0. The molecule has 0 aromatic heterocycles. The van der Waals surface area contributed by atoms with Crippen LogP contribution in [-0.2, 0) is 14.8 Å².